The fraction of sp³-hybridized carbons (Fsp3) is 0.462. The molecule has 0 radical (unpaired) electrons. The molecule has 0 fully saturated rings. The number of benzene rings is 1. The highest BCUT2D eigenvalue weighted by atomic mass is 16.6. The van der Waals surface area contributed by atoms with Crippen molar-refractivity contribution in [1.29, 1.82) is 0 Å². The molecule has 0 saturated carbocycles. The predicted octanol–water partition coefficient (Wildman–Crippen LogP) is 2.28. The minimum atomic E-state index is -0.381. The van der Waals surface area contributed by atoms with Crippen LogP contribution in [-0.2, 0) is 4.79 Å². The Morgan fingerprint density at radius 2 is 2.00 bits per heavy atom. The van der Waals surface area contributed by atoms with Crippen LogP contribution in [0.4, 0.5) is 0 Å². The van der Waals surface area contributed by atoms with E-state index in [9.17, 15) is 14.9 Å². The summed E-state index contributed by atoms with van der Waals surface area (Å²) in [6.45, 7) is 1.62. The van der Waals surface area contributed by atoms with Crippen LogP contribution in [0.5, 0.6) is 5.75 Å². The van der Waals surface area contributed by atoms with Crippen molar-refractivity contribution >= 4 is 6.29 Å². The van der Waals surface area contributed by atoms with E-state index >= 15 is 0 Å². The Kier molecular flexibility index (Phi) is 5.30. The first kappa shape index (κ1) is 14.2. The van der Waals surface area contributed by atoms with Crippen LogP contribution in [0, 0.1) is 16.0 Å². The molecule has 0 amide bonds. The molecule has 98 valence electrons. The van der Waals surface area contributed by atoms with E-state index in [0.29, 0.717) is 12.2 Å². The summed E-state index contributed by atoms with van der Waals surface area (Å²) in [5.74, 6) is -0.0186. The van der Waals surface area contributed by atoms with Crippen molar-refractivity contribution in [2.75, 3.05) is 13.7 Å². The van der Waals surface area contributed by atoms with Gasteiger partial charge in [0.25, 0.3) is 0 Å². The predicted molar refractivity (Wildman–Crippen MR) is 67.4 cm³/mol. The molecular weight excluding hydrogens is 234 g/mol. The van der Waals surface area contributed by atoms with Crippen molar-refractivity contribution in [2.45, 2.75) is 19.3 Å². The van der Waals surface area contributed by atoms with Crippen molar-refractivity contribution in [2.24, 2.45) is 5.92 Å². The Labute approximate surface area is 106 Å². The standard InChI is InChI=1S/C13H17NO4/c1-3-10(9-15)13(8-14(16)17)11-4-6-12(18-2)7-5-11/h4-7,9-10,13H,3,8H2,1-2H3/t10-,13?/m1/s1. The first-order chi connectivity index (χ1) is 8.62. The monoisotopic (exact) mass is 251 g/mol. The van der Waals surface area contributed by atoms with Crippen molar-refractivity contribution in [3.63, 3.8) is 0 Å². The maximum absolute atomic E-state index is 11.0. The van der Waals surface area contributed by atoms with Crippen molar-refractivity contribution in [1.82, 2.24) is 0 Å². The number of methoxy groups -OCH3 is 1. The van der Waals surface area contributed by atoms with Gasteiger partial charge in [-0.2, -0.15) is 0 Å². The highest BCUT2D eigenvalue weighted by molar-refractivity contribution is 5.56. The van der Waals surface area contributed by atoms with Crippen LogP contribution in [0.15, 0.2) is 24.3 Å². The van der Waals surface area contributed by atoms with E-state index in [0.717, 1.165) is 11.8 Å². The van der Waals surface area contributed by atoms with E-state index in [1.165, 1.54) is 0 Å². The van der Waals surface area contributed by atoms with Gasteiger partial charge >= 0.3 is 0 Å². The molecule has 0 aliphatic rings. The molecule has 0 saturated heterocycles. The number of carbonyl (C=O) groups is 1. The molecule has 1 aromatic rings. The van der Waals surface area contributed by atoms with Gasteiger partial charge in [0.1, 0.15) is 12.0 Å². The fourth-order valence-electron chi connectivity index (χ4n) is 1.98. The lowest BCUT2D eigenvalue weighted by molar-refractivity contribution is -0.484. The Balaban J connectivity index is 2.99. The van der Waals surface area contributed by atoms with Gasteiger partial charge in [0.05, 0.1) is 13.0 Å². The molecule has 5 heteroatoms. The Morgan fingerprint density at radius 3 is 2.39 bits per heavy atom. The zero-order valence-corrected chi connectivity index (χ0v) is 10.5. The number of nitrogens with zero attached hydrogens (tertiary/aromatic N) is 1. The lowest BCUT2D eigenvalue weighted by atomic mass is 9.85. The van der Waals surface area contributed by atoms with Crippen LogP contribution in [0.3, 0.4) is 0 Å². The van der Waals surface area contributed by atoms with Crippen LogP contribution >= 0.6 is 0 Å². The van der Waals surface area contributed by atoms with Crippen LogP contribution in [0.2, 0.25) is 0 Å². The summed E-state index contributed by atoms with van der Waals surface area (Å²) in [5.41, 5.74) is 0.798. The van der Waals surface area contributed by atoms with Crippen LogP contribution < -0.4 is 4.74 Å². The molecule has 0 heterocycles. The smallest absolute Gasteiger partial charge is 0.211 e. The maximum atomic E-state index is 11.0. The number of nitro groups is 1. The van der Waals surface area contributed by atoms with Crippen LogP contribution in [-0.4, -0.2) is 24.9 Å². The third-order valence-electron chi connectivity index (χ3n) is 3.05. The number of ether oxygens (including phenoxy) is 1. The van der Waals surface area contributed by atoms with Gasteiger partial charge in [0, 0.05) is 10.8 Å². The van der Waals surface area contributed by atoms with Gasteiger partial charge in [0.15, 0.2) is 0 Å². The number of carbonyl (C=O) groups excluding carboxylic acids is 1. The topological polar surface area (TPSA) is 69.4 Å². The average Bonchev–Trinajstić information content (AvgIpc) is 2.38. The first-order valence-electron chi connectivity index (χ1n) is 5.83. The quantitative estimate of drug-likeness (QED) is 0.423. The molecule has 2 atom stereocenters. The second-order valence-corrected chi connectivity index (χ2v) is 4.10. The Hall–Kier alpha value is -1.91. The maximum Gasteiger partial charge on any atom is 0.211 e. The molecule has 0 N–H and O–H groups in total. The van der Waals surface area contributed by atoms with Crippen molar-refractivity contribution in [3.05, 3.63) is 39.9 Å². The minimum Gasteiger partial charge on any atom is -0.497 e. The fourth-order valence-corrected chi connectivity index (χ4v) is 1.98. The normalized spacial score (nSPS) is 13.7. The molecule has 0 aliphatic carbocycles. The molecule has 1 unspecified atom stereocenters. The van der Waals surface area contributed by atoms with E-state index in [-0.39, 0.29) is 23.3 Å². The molecule has 0 bridgehead atoms. The summed E-state index contributed by atoms with van der Waals surface area (Å²) in [6.07, 6.45) is 1.40. The van der Waals surface area contributed by atoms with E-state index in [4.69, 9.17) is 4.74 Å². The highest BCUT2D eigenvalue weighted by Gasteiger charge is 2.26. The summed E-state index contributed by atoms with van der Waals surface area (Å²) in [5, 5.41) is 10.7. The zero-order chi connectivity index (χ0) is 13.5. The van der Waals surface area contributed by atoms with E-state index < -0.39 is 0 Å². The lowest BCUT2D eigenvalue weighted by Gasteiger charge is -2.18. The summed E-state index contributed by atoms with van der Waals surface area (Å²) in [7, 11) is 1.56. The number of rotatable bonds is 7. The SMILES string of the molecule is CC[C@H](C=O)C(C[N+](=O)[O-])c1ccc(OC)cc1. The number of aldehydes is 1. The van der Waals surface area contributed by atoms with Gasteiger partial charge < -0.3 is 9.53 Å². The van der Waals surface area contributed by atoms with E-state index in [1.807, 2.05) is 6.92 Å². The summed E-state index contributed by atoms with van der Waals surface area (Å²) in [6, 6.07) is 7.05. The van der Waals surface area contributed by atoms with Gasteiger partial charge in [0.2, 0.25) is 6.54 Å². The second kappa shape index (κ2) is 6.74. The van der Waals surface area contributed by atoms with Gasteiger partial charge in [-0.15, -0.1) is 0 Å². The van der Waals surface area contributed by atoms with Crippen LogP contribution in [0.25, 0.3) is 0 Å². The number of hydrogen-bond acceptors (Lipinski definition) is 4. The number of hydrogen-bond donors (Lipinski definition) is 0. The molecular formula is C13H17NO4. The molecule has 0 spiro atoms. The molecule has 0 aliphatic heterocycles. The van der Waals surface area contributed by atoms with Crippen molar-refractivity contribution in [3.8, 4) is 5.75 Å². The highest BCUT2D eigenvalue weighted by Crippen LogP contribution is 2.27. The molecule has 18 heavy (non-hydrogen) atoms. The van der Waals surface area contributed by atoms with Gasteiger partial charge in [-0.25, -0.2) is 0 Å². The molecule has 1 aromatic carbocycles. The molecule has 5 nitrogen and oxygen atoms in total. The third kappa shape index (κ3) is 3.55. The van der Waals surface area contributed by atoms with Gasteiger partial charge in [-0.3, -0.25) is 10.1 Å². The average molecular weight is 251 g/mol. The first-order valence-corrected chi connectivity index (χ1v) is 5.83. The summed E-state index contributed by atoms with van der Waals surface area (Å²) >= 11 is 0. The van der Waals surface area contributed by atoms with Crippen LogP contribution in [0.1, 0.15) is 24.8 Å². The Morgan fingerprint density at radius 1 is 1.39 bits per heavy atom. The summed E-state index contributed by atoms with van der Waals surface area (Å²) < 4.78 is 5.04. The largest absolute Gasteiger partial charge is 0.497 e. The summed E-state index contributed by atoms with van der Waals surface area (Å²) in [4.78, 5) is 21.3. The Bertz CT molecular complexity index is 402. The third-order valence-corrected chi connectivity index (χ3v) is 3.05. The van der Waals surface area contributed by atoms with Gasteiger partial charge in [-0.1, -0.05) is 19.1 Å². The minimum absolute atomic E-state index is 0.233. The van der Waals surface area contributed by atoms with E-state index in [2.05, 4.69) is 0 Å². The molecule has 0 aromatic heterocycles. The lowest BCUT2D eigenvalue weighted by Crippen LogP contribution is -2.22. The zero-order valence-electron chi connectivity index (χ0n) is 10.5. The van der Waals surface area contributed by atoms with E-state index in [1.54, 1.807) is 31.4 Å². The second-order valence-electron chi connectivity index (χ2n) is 4.10. The van der Waals surface area contributed by atoms with Crippen molar-refractivity contribution < 1.29 is 14.5 Å². The molecule has 1 rings (SSSR count). The van der Waals surface area contributed by atoms with Gasteiger partial charge in [-0.05, 0) is 24.1 Å².